The van der Waals surface area contributed by atoms with Crippen LogP contribution in [0.15, 0.2) is 0 Å². The third kappa shape index (κ3) is 49.5. The minimum atomic E-state index is -0.362. The molecular formula is C41H87NO6. The van der Waals surface area contributed by atoms with Crippen molar-refractivity contribution in [2.45, 2.75) is 202 Å². The molecule has 0 aliphatic rings. The number of aliphatic hydroxyl groups is 2. The lowest BCUT2D eigenvalue weighted by Gasteiger charge is -2.19. The maximum atomic E-state index is 12.0. The van der Waals surface area contributed by atoms with Gasteiger partial charge >= 0.3 is 6.09 Å². The predicted octanol–water partition coefficient (Wildman–Crippen LogP) is 11.4. The van der Waals surface area contributed by atoms with Gasteiger partial charge in [0, 0.05) is 33.5 Å². The summed E-state index contributed by atoms with van der Waals surface area (Å²) in [5.74, 6) is 0.771. The summed E-state index contributed by atoms with van der Waals surface area (Å²) in [6.07, 6.45) is 31.7. The van der Waals surface area contributed by atoms with E-state index in [9.17, 15) is 4.79 Å². The number of aliphatic hydroxyl groups excluding tert-OH is 2. The molecular weight excluding hydrogens is 602 g/mol. The average molecular weight is 690 g/mol. The van der Waals surface area contributed by atoms with Gasteiger partial charge in [0.05, 0.1) is 19.3 Å². The Morgan fingerprint density at radius 2 is 0.896 bits per heavy atom. The number of hydrogen-bond acceptors (Lipinski definition) is 6. The van der Waals surface area contributed by atoms with Crippen molar-refractivity contribution < 1.29 is 29.2 Å². The second-order valence-electron chi connectivity index (χ2n) is 14.3. The number of rotatable bonds is 34. The van der Waals surface area contributed by atoms with Crippen LogP contribution in [-0.4, -0.2) is 69.1 Å². The van der Waals surface area contributed by atoms with E-state index in [0.717, 1.165) is 33.2 Å². The van der Waals surface area contributed by atoms with Crippen LogP contribution < -0.4 is 5.32 Å². The molecule has 0 aromatic rings. The molecule has 0 aromatic heterocycles. The number of carbonyl (C=O) groups excluding carboxylic acids is 1. The Kier molecular flexibility index (Phi) is 49.5. The van der Waals surface area contributed by atoms with Crippen LogP contribution in [0.25, 0.3) is 0 Å². The largest absolute Gasteiger partial charge is 0.449 e. The van der Waals surface area contributed by atoms with Crippen molar-refractivity contribution in [3.05, 3.63) is 0 Å². The Balaban J connectivity index is -0.00000262. The van der Waals surface area contributed by atoms with Crippen LogP contribution in [0, 0.1) is 11.8 Å². The van der Waals surface area contributed by atoms with Gasteiger partial charge in [-0.2, -0.15) is 0 Å². The number of amides is 1. The first kappa shape index (κ1) is 51.5. The van der Waals surface area contributed by atoms with Gasteiger partial charge in [0.25, 0.3) is 0 Å². The van der Waals surface area contributed by atoms with Crippen molar-refractivity contribution in [2.24, 2.45) is 11.8 Å². The number of carbonyl (C=O) groups is 1. The van der Waals surface area contributed by atoms with E-state index in [-0.39, 0.29) is 12.2 Å². The number of nitrogens with one attached hydrogen (secondary N) is 1. The van der Waals surface area contributed by atoms with Crippen molar-refractivity contribution in [1.82, 2.24) is 5.32 Å². The average Bonchev–Trinajstić information content (AvgIpc) is 3.09. The molecule has 7 heteroatoms. The van der Waals surface area contributed by atoms with E-state index >= 15 is 0 Å². The van der Waals surface area contributed by atoms with Crippen molar-refractivity contribution in [3.63, 3.8) is 0 Å². The first-order valence-corrected chi connectivity index (χ1v) is 20.5. The fourth-order valence-corrected chi connectivity index (χ4v) is 5.11. The van der Waals surface area contributed by atoms with Crippen LogP contribution in [0.5, 0.6) is 0 Å². The molecule has 0 aromatic carbocycles. The minimum Gasteiger partial charge on any atom is -0.449 e. The van der Waals surface area contributed by atoms with E-state index in [1.165, 1.54) is 141 Å². The fourth-order valence-electron chi connectivity index (χ4n) is 5.11. The maximum Gasteiger partial charge on any atom is 0.407 e. The lowest BCUT2D eigenvalue weighted by atomic mass is 10.1. The van der Waals surface area contributed by atoms with E-state index in [1.807, 2.05) is 27.7 Å². The van der Waals surface area contributed by atoms with Crippen LogP contribution in [0.1, 0.15) is 196 Å². The van der Waals surface area contributed by atoms with Crippen LogP contribution in [-0.2, 0) is 14.2 Å². The van der Waals surface area contributed by atoms with Gasteiger partial charge in [-0.05, 0) is 24.7 Å². The van der Waals surface area contributed by atoms with Crippen LogP contribution >= 0.6 is 0 Å². The number of unbranched alkanes of at least 4 members (excludes halogenated alkanes) is 22. The van der Waals surface area contributed by atoms with E-state index in [1.54, 1.807) is 0 Å². The molecule has 0 spiro atoms. The van der Waals surface area contributed by atoms with Crippen LogP contribution in [0.4, 0.5) is 4.79 Å². The molecule has 7 nitrogen and oxygen atoms in total. The van der Waals surface area contributed by atoms with Crippen LogP contribution in [0.2, 0.25) is 0 Å². The molecule has 0 heterocycles. The quantitative estimate of drug-likeness (QED) is 0.0582. The van der Waals surface area contributed by atoms with Crippen molar-refractivity contribution in [1.29, 1.82) is 0 Å². The monoisotopic (exact) mass is 690 g/mol. The Bertz CT molecular complexity index is 575. The molecule has 0 bridgehead atoms. The molecule has 0 rings (SSSR count). The van der Waals surface area contributed by atoms with E-state index in [2.05, 4.69) is 19.2 Å². The third-order valence-electron chi connectivity index (χ3n) is 8.18. The van der Waals surface area contributed by atoms with Gasteiger partial charge in [-0.15, -0.1) is 0 Å². The molecule has 0 fully saturated rings. The third-order valence-corrected chi connectivity index (χ3v) is 8.18. The Morgan fingerprint density at radius 1 is 0.542 bits per heavy atom. The standard InChI is InChI=1S/C36H73NO4.C4H10O.CH4O/c1-5-7-9-11-13-15-17-19-21-23-25-27-29-39-33-35(31-37-36(38)41-32-34(3)4)40-30-28-26-24-22-20-18-16-14-12-10-8-6-2;1-4(2)3-5;1-2/h34-35H,5-33H2,1-4H3,(H,37,38);4-5H,3H2,1-2H3;2H,1H3. The second kappa shape index (κ2) is 46.1. The van der Waals surface area contributed by atoms with Gasteiger partial charge in [-0.3, -0.25) is 0 Å². The van der Waals surface area contributed by atoms with Gasteiger partial charge in [0.15, 0.2) is 0 Å². The molecule has 1 atom stereocenters. The fraction of sp³-hybridized carbons (Fsp3) is 0.976. The summed E-state index contributed by atoms with van der Waals surface area (Å²) in [6, 6.07) is 0. The summed E-state index contributed by atoms with van der Waals surface area (Å²) in [4.78, 5) is 12.0. The highest BCUT2D eigenvalue weighted by Gasteiger charge is 2.13. The highest BCUT2D eigenvalue weighted by Crippen LogP contribution is 2.13. The van der Waals surface area contributed by atoms with Gasteiger partial charge < -0.3 is 29.7 Å². The molecule has 1 amide bonds. The molecule has 0 aliphatic heterocycles. The normalized spacial score (nSPS) is 11.6. The first-order chi connectivity index (χ1) is 23.4. The Morgan fingerprint density at radius 3 is 1.25 bits per heavy atom. The highest BCUT2D eigenvalue weighted by molar-refractivity contribution is 5.67. The Hall–Kier alpha value is -0.890. The summed E-state index contributed by atoms with van der Waals surface area (Å²) in [5, 5.41) is 18.0. The highest BCUT2D eigenvalue weighted by atomic mass is 16.6. The first-order valence-electron chi connectivity index (χ1n) is 20.5. The summed E-state index contributed by atoms with van der Waals surface area (Å²) >= 11 is 0. The summed E-state index contributed by atoms with van der Waals surface area (Å²) < 4.78 is 17.3. The van der Waals surface area contributed by atoms with Gasteiger partial charge in [0.1, 0.15) is 0 Å². The van der Waals surface area contributed by atoms with Crippen molar-refractivity contribution >= 4 is 6.09 Å². The van der Waals surface area contributed by atoms with E-state index in [4.69, 9.17) is 24.4 Å². The molecule has 0 aliphatic carbocycles. The van der Waals surface area contributed by atoms with Crippen molar-refractivity contribution in [2.75, 3.05) is 46.7 Å². The summed E-state index contributed by atoms with van der Waals surface area (Å²) in [5.41, 5.74) is 0. The van der Waals surface area contributed by atoms with Gasteiger partial charge in [0.2, 0.25) is 0 Å². The summed E-state index contributed by atoms with van der Waals surface area (Å²) in [7, 11) is 1.00. The molecule has 0 radical (unpaired) electrons. The second-order valence-corrected chi connectivity index (χ2v) is 14.3. The lowest BCUT2D eigenvalue weighted by molar-refractivity contribution is -0.0176. The molecule has 292 valence electrons. The molecule has 0 saturated carbocycles. The topological polar surface area (TPSA) is 97.3 Å². The smallest absolute Gasteiger partial charge is 0.407 e. The molecule has 48 heavy (non-hydrogen) atoms. The number of alkyl carbamates (subject to hydrolysis) is 1. The lowest BCUT2D eigenvalue weighted by Crippen LogP contribution is -2.37. The Labute approximate surface area is 300 Å². The summed E-state index contributed by atoms with van der Waals surface area (Å²) in [6.45, 7) is 15.8. The van der Waals surface area contributed by atoms with E-state index < -0.39 is 0 Å². The van der Waals surface area contributed by atoms with Gasteiger partial charge in [-0.1, -0.05) is 183 Å². The number of ether oxygens (including phenoxy) is 3. The minimum absolute atomic E-state index is 0.119. The number of hydrogen-bond donors (Lipinski definition) is 3. The maximum absolute atomic E-state index is 12.0. The van der Waals surface area contributed by atoms with Gasteiger partial charge in [-0.25, -0.2) is 4.79 Å². The zero-order valence-corrected chi connectivity index (χ0v) is 33.5. The van der Waals surface area contributed by atoms with E-state index in [0.29, 0.717) is 38.2 Å². The predicted molar refractivity (Wildman–Crippen MR) is 207 cm³/mol. The van der Waals surface area contributed by atoms with Crippen molar-refractivity contribution in [3.8, 4) is 0 Å². The molecule has 1 unspecified atom stereocenters. The SMILES string of the molecule is CC(C)CO.CCCCCCCCCCCCCCOCC(CNC(=O)OCC(C)C)OCCCCCCCCCCCCCC.CO. The van der Waals surface area contributed by atoms with Crippen LogP contribution in [0.3, 0.4) is 0 Å². The molecule has 0 saturated heterocycles. The zero-order valence-electron chi connectivity index (χ0n) is 33.5. The zero-order chi connectivity index (χ0) is 36.4. The molecule has 3 N–H and O–H groups in total.